The molecule has 3 heteroatoms. The van der Waals surface area contributed by atoms with Gasteiger partial charge in [-0.1, -0.05) is 36.2 Å². The lowest BCUT2D eigenvalue weighted by Crippen LogP contribution is -2.24. The molecule has 1 rings (SSSR count). The summed E-state index contributed by atoms with van der Waals surface area (Å²) in [5.41, 5.74) is 0.983. The Bertz CT molecular complexity index is 279. The lowest BCUT2D eigenvalue weighted by atomic mass is 10.2. The summed E-state index contributed by atoms with van der Waals surface area (Å²) in [5.74, 6) is 0. The van der Waals surface area contributed by atoms with Gasteiger partial charge < -0.3 is 5.32 Å². The molecule has 0 aliphatic carbocycles. The van der Waals surface area contributed by atoms with E-state index in [-0.39, 0.29) is 0 Å². The Morgan fingerprint density at radius 2 is 1.86 bits per heavy atom. The topological polar surface area (TPSA) is 12.0 Å². The molecule has 78 valence electrons. The van der Waals surface area contributed by atoms with Crippen LogP contribution in [0.5, 0.6) is 0 Å². The summed E-state index contributed by atoms with van der Waals surface area (Å²) < 4.78 is 0. The summed E-state index contributed by atoms with van der Waals surface area (Å²) in [6.45, 7) is 5.02. The van der Waals surface area contributed by atoms with Crippen molar-refractivity contribution in [3.05, 3.63) is 33.8 Å². The van der Waals surface area contributed by atoms with Crippen LogP contribution in [-0.4, -0.2) is 6.04 Å². The van der Waals surface area contributed by atoms with E-state index in [9.17, 15) is 0 Å². The lowest BCUT2D eigenvalue weighted by Gasteiger charge is -2.13. The smallest absolute Gasteiger partial charge is 0.0465 e. The van der Waals surface area contributed by atoms with Crippen molar-refractivity contribution in [2.45, 2.75) is 32.9 Å². The summed E-state index contributed by atoms with van der Waals surface area (Å²) >= 11 is 12.1. The van der Waals surface area contributed by atoms with Crippen molar-refractivity contribution in [1.82, 2.24) is 5.32 Å². The highest BCUT2D eigenvalue weighted by Crippen LogP contribution is 2.23. The molecule has 0 unspecified atom stereocenters. The molecule has 1 aromatic rings. The minimum Gasteiger partial charge on any atom is -0.310 e. The van der Waals surface area contributed by atoms with Crippen LogP contribution in [-0.2, 0) is 6.54 Å². The fourth-order valence-electron chi connectivity index (χ4n) is 1.12. The first kappa shape index (κ1) is 11.8. The molecule has 1 N–H and O–H groups in total. The van der Waals surface area contributed by atoms with Crippen LogP contribution in [0.25, 0.3) is 0 Å². The zero-order valence-electron chi connectivity index (χ0n) is 8.48. The number of nitrogens with one attached hydrogen (secondary N) is 1. The molecule has 0 aromatic heterocycles. The second kappa shape index (κ2) is 5.59. The highest BCUT2D eigenvalue weighted by molar-refractivity contribution is 6.35. The van der Waals surface area contributed by atoms with Gasteiger partial charge in [-0.05, 0) is 25.5 Å². The average molecular weight is 232 g/mol. The van der Waals surface area contributed by atoms with Gasteiger partial charge in [0.25, 0.3) is 0 Å². The van der Waals surface area contributed by atoms with Crippen molar-refractivity contribution in [3.63, 3.8) is 0 Å². The Kier molecular flexibility index (Phi) is 4.73. The number of rotatable bonds is 4. The van der Waals surface area contributed by atoms with Gasteiger partial charge >= 0.3 is 0 Å². The molecule has 0 fully saturated rings. The molecule has 0 aliphatic heterocycles. The average Bonchev–Trinajstić information content (AvgIpc) is 2.16. The minimum absolute atomic E-state index is 0.488. The van der Waals surface area contributed by atoms with E-state index in [0.717, 1.165) is 28.6 Å². The summed E-state index contributed by atoms with van der Waals surface area (Å²) in [7, 11) is 0. The zero-order chi connectivity index (χ0) is 10.6. The fraction of sp³-hybridized carbons (Fsp3) is 0.455. The molecule has 0 heterocycles. The third kappa shape index (κ3) is 3.16. The molecule has 0 aliphatic rings. The Hall–Kier alpha value is -0.240. The first-order valence-electron chi connectivity index (χ1n) is 4.81. The monoisotopic (exact) mass is 231 g/mol. The number of halogens is 2. The maximum absolute atomic E-state index is 6.03. The van der Waals surface area contributed by atoms with Crippen molar-refractivity contribution in [2.24, 2.45) is 0 Å². The predicted molar refractivity (Wildman–Crippen MR) is 63.1 cm³/mol. The van der Waals surface area contributed by atoms with E-state index < -0.39 is 0 Å². The first-order valence-corrected chi connectivity index (χ1v) is 5.57. The van der Waals surface area contributed by atoms with Crippen molar-refractivity contribution in [3.8, 4) is 0 Å². The van der Waals surface area contributed by atoms with E-state index in [1.807, 2.05) is 18.2 Å². The van der Waals surface area contributed by atoms with Crippen molar-refractivity contribution < 1.29 is 0 Å². The number of benzene rings is 1. The van der Waals surface area contributed by atoms with Gasteiger partial charge in [-0.3, -0.25) is 0 Å². The van der Waals surface area contributed by atoms with E-state index >= 15 is 0 Å². The van der Waals surface area contributed by atoms with Gasteiger partial charge in [-0.25, -0.2) is 0 Å². The van der Waals surface area contributed by atoms with Gasteiger partial charge in [0.15, 0.2) is 0 Å². The summed E-state index contributed by atoms with van der Waals surface area (Å²) in [5, 5.41) is 4.82. The summed E-state index contributed by atoms with van der Waals surface area (Å²) in [6, 6.07) is 6.07. The van der Waals surface area contributed by atoms with Crippen molar-refractivity contribution in [2.75, 3.05) is 0 Å². The summed E-state index contributed by atoms with van der Waals surface area (Å²) in [6.07, 6.45) is 1.10. The number of hydrogen-bond donors (Lipinski definition) is 1. The molecule has 0 radical (unpaired) electrons. The highest BCUT2D eigenvalue weighted by atomic mass is 35.5. The second-order valence-electron chi connectivity index (χ2n) is 3.39. The van der Waals surface area contributed by atoms with E-state index in [2.05, 4.69) is 19.2 Å². The molecule has 14 heavy (non-hydrogen) atoms. The predicted octanol–water partition coefficient (Wildman–Crippen LogP) is 3.88. The number of hydrogen-bond acceptors (Lipinski definition) is 1. The van der Waals surface area contributed by atoms with Gasteiger partial charge in [-0.2, -0.15) is 0 Å². The van der Waals surface area contributed by atoms with Gasteiger partial charge in [0.1, 0.15) is 0 Å². The molecule has 1 atom stereocenters. The normalized spacial score (nSPS) is 12.9. The molecule has 1 aromatic carbocycles. The van der Waals surface area contributed by atoms with E-state index in [4.69, 9.17) is 23.2 Å². The van der Waals surface area contributed by atoms with E-state index in [1.54, 1.807) is 0 Å². The fourth-order valence-corrected chi connectivity index (χ4v) is 1.65. The van der Waals surface area contributed by atoms with Crippen molar-refractivity contribution in [1.29, 1.82) is 0 Å². The van der Waals surface area contributed by atoms with Gasteiger partial charge in [-0.15, -0.1) is 0 Å². The first-order chi connectivity index (χ1) is 6.65. The maximum atomic E-state index is 6.03. The summed E-state index contributed by atoms with van der Waals surface area (Å²) in [4.78, 5) is 0. The van der Waals surface area contributed by atoms with Crippen LogP contribution in [0.1, 0.15) is 25.8 Å². The van der Waals surface area contributed by atoms with Crippen molar-refractivity contribution >= 4 is 23.2 Å². The molecule has 0 amide bonds. The SMILES string of the molecule is CC[C@@H](C)NCc1c(Cl)cccc1Cl. The van der Waals surface area contributed by atoms with Crippen LogP contribution in [0.4, 0.5) is 0 Å². The van der Waals surface area contributed by atoms with Crippen LogP contribution < -0.4 is 5.32 Å². The van der Waals surface area contributed by atoms with Gasteiger partial charge in [0.2, 0.25) is 0 Å². The Balaban J connectivity index is 2.66. The molecular weight excluding hydrogens is 217 g/mol. The quantitative estimate of drug-likeness (QED) is 0.830. The van der Waals surface area contributed by atoms with Gasteiger partial charge in [0, 0.05) is 28.2 Å². The molecule has 0 bridgehead atoms. The van der Waals surface area contributed by atoms with Crippen LogP contribution in [0, 0.1) is 0 Å². The van der Waals surface area contributed by atoms with Crippen LogP contribution in [0.15, 0.2) is 18.2 Å². The molecular formula is C11H15Cl2N. The maximum Gasteiger partial charge on any atom is 0.0465 e. The van der Waals surface area contributed by atoms with Crippen LogP contribution in [0.2, 0.25) is 10.0 Å². The molecule has 0 saturated carbocycles. The third-order valence-corrected chi connectivity index (χ3v) is 3.01. The standard InChI is InChI=1S/C11H15Cl2N/c1-3-8(2)14-7-9-10(12)5-4-6-11(9)13/h4-6,8,14H,3,7H2,1-2H3/t8-/m1/s1. The zero-order valence-corrected chi connectivity index (χ0v) is 9.99. The third-order valence-electron chi connectivity index (χ3n) is 2.30. The highest BCUT2D eigenvalue weighted by Gasteiger charge is 2.05. The molecule has 0 spiro atoms. The van der Waals surface area contributed by atoms with E-state index in [0.29, 0.717) is 6.04 Å². The molecule has 1 nitrogen and oxygen atoms in total. The minimum atomic E-state index is 0.488. The second-order valence-corrected chi connectivity index (χ2v) is 4.20. The van der Waals surface area contributed by atoms with E-state index in [1.165, 1.54) is 0 Å². The Labute approximate surface area is 95.4 Å². The van der Waals surface area contributed by atoms with Crippen LogP contribution in [0.3, 0.4) is 0 Å². The van der Waals surface area contributed by atoms with Crippen LogP contribution >= 0.6 is 23.2 Å². The molecule has 0 saturated heterocycles. The Morgan fingerprint density at radius 3 is 2.36 bits per heavy atom. The largest absolute Gasteiger partial charge is 0.310 e. The van der Waals surface area contributed by atoms with Gasteiger partial charge in [0.05, 0.1) is 0 Å². The Morgan fingerprint density at radius 1 is 1.29 bits per heavy atom. The lowest BCUT2D eigenvalue weighted by molar-refractivity contribution is 0.534.